The second-order valence-corrected chi connectivity index (χ2v) is 4.76. The summed E-state index contributed by atoms with van der Waals surface area (Å²) < 4.78 is 44.7. The lowest BCUT2D eigenvalue weighted by Gasteiger charge is -2.23. The fraction of sp³-hybridized carbons (Fsp3) is 0.267. The highest BCUT2D eigenvalue weighted by molar-refractivity contribution is 5.77. The minimum absolute atomic E-state index is 0.00199. The van der Waals surface area contributed by atoms with Gasteiger partial charge < -0.3 is 9.32 Å². The number of alkyl halides is 3. The number of carbonyl (C=O) groups excluding carboxylic acids is 1. The number of benzene rings is 1. The van der Waals surface area contributed by atoms with E-state index in [1.54, 1.807) is 26.1 Å². The van der Waals surface area contributed by atoms with Gasteiger partial charge in [0.2, 0.25) is 0 Å². The number of nitrogens with zero attached hydrogens (tertiary/aromatic N) is 1. The Balaban J connectivity index is 2.35. The highest BCUT2D eigenvalue weighted by Crippen LogP contribution is 2.37. The molecule has 0 amide bonds. The number of halogens is 3. The molecule has 0 atom stereocenters. The zero-order valence-corrected chi connectivity index (χ0v) is 11.6. The monoisotopic (exact) mass is 297 g/mol. The average Bonchev–Trinajstić information content (AvgIpc) is 2.82. The van der Waals surface area contributed by atoms with Crippen molar-refractivity contribution in [3.05, 3.63) is 53.0 Å². The molecule has 0 radical (unpaired) electrons. The zero-order chi connectivity index (χ0) is 15.6. The van der Waals surface area contributed by atoms with E-state index in [1.807, 2.05) is 0 Å². The predicted molar refractivity (Wildman–Crippen MR) is 72.4 cm³/mol. The van der Waals surface area contributed by atoms with Crippen LogP contribution in [0.4, 0.5) is 18.9 Å². The Labute approximate surface area is 120 Å². The van der Waals surface area contributed by atoms with Crippen LogP contribution in [0.2, 0.25) is 0 Å². The molecule has 0 N–H and O–H groups in total. The molecule has 6 heteroatoms. The van der Waals surface area contributed by atoms with Crippen LogP contribution in [-0.2, 0) is 12.7 Å². The summed E-state index contributed by atoms with van der Waals surface area (Å²) in [5.74, 6) is 1.27. The lowest BCUT2D eigenvalue weighted by Crippen LogP contribution is -2.21. The van der Waals surface area contributed by atoms with Gasteiger partial charge in [-0.25, -0.2) is 0 Å². The molecule has 2 aromatic rings. The average molecular weight is 297 g/mol. The molecule has 0 unspecified atom stereocenters. The van der Waals surface area contributed by atoms with Gasteiger partial charge in [0.25, 0.3) is 0 Å². The topological polar surface area (TPSA) is 33.5 Å². The molecule has 0 aliphatic rings. The summed E-state index contributed by atoms with van der Waals surface area (Å²) in [5, 5.41) is 0. The number of aryl methyl sites for hydroxylation is 1. The molecule has 2 rings (SSSR count). The molecule has 3 nitrogen and oxygen atoms in total. The second kappa shape index (κ2) is 5.63. The van der Waals surface area contributed by atoms with Gasteiger partial charge in [0.15, 0.2) is 0 Å². The van der Waals surface area contributed by atoms with Crippen LogP contribution < -0.4 is 4.90 Å². The van der Waals surface area contributed by atoms with Gasteiger partial charge >= 0.3 is 6.18 Å². The Bertz CT molecular complexity index is 647. The molecule has 0 saturated carbocycles. The van der Waals surface area contributed by atoms with Crippen LogP contribution in [0, 0.1) is 6.92 Å². The van der Waals surface area contributed by atoms with Gasteiger partial charge in [0.1, 0.15) is 17.8 Å². The summed E-state index contributed by atoms with van der Waals surface area (Å²) in [6.45, 7) is 1.97. The van der Waals surface area contributed by atoms with E-state index in [-0.39, 0.29) is 17.8 Å². The molecule has 0 saturated heterocycles. The first-order valence-corrected chi connectivity index (χ1v) is 6.24. The van der Waals surface area contributed by atoms with E-state index in [0.29, 0.717) is 17.8 Å². The van der Waals surface area contributed by atoms with Crippen molar-refractivity contribution in [2.45, 2.75) is 19.6 Å². The maximum absolute atomic E-state index is 13.1. The number of hydrogen-bond donors (Lipinski definition) is 0. The molecule has 1 aromatic carbocycles. The standard InChI is InChI=1S/C15H14F3NO2/c1-10-3-5-12(21-10)8-19(2)14-6-4-11(9-20)7-13(14)15(16,17)18/h3-7,9H,8H2,1-2H3. The first-order chi connectivity index (χ1) is 9.81. The first-order valence-electron chi connectivity index (χ1n) is 6.24. The van der Waals surface area contributed by atoms with Gasteiger partial charge in [-0.2, -0.15) is 13.2 Å². The van der Waals surface area contributed by atoms with Crippen molar-refractivity contribution in [1.82, 2.24) is 0 Å². The molecular formula is C15H14F3NO2. The van der Waals surface area contributed by atoms with Crippen LogP contribution in [0.3, 0.4) is 0 Å². The van der Waals surface area contributed by atoms with Crippen LogP contribution >= 0.6 is 0 Å². The van der Waals surface area contributed by atoms with E-state index < -0.39 is 11.7 Å². The predicted octanol–water partition coefficient (Wildman–Crippen LogP) is 4.06. The van der Waals surface area contributed by atoms with Crippen LogP contribution in [0.15, 0.2) is 34.7 Å². The van der Waals surface area contributed by atoms with E-state index in [2.05, 4.69) is 0 Å². The van der Waals surface area contributed by atoms with Crippen LogP contribution in [-0.4, -0.2) is 13.3 Å². The number of anilines is 1. The van der Waals surface area contributed by atoms with Crippen LogP contribution in [0.5, 0.6) is 0 Å². The van der Waals surface area contributed by atoms with E-state index in [9.17, 15) is 18.0 Å². The molecule has 0 fully saturated rings. The Hall–Kier alpha value is -2.24. The van der Waals surface area contributed by atoms with Crippen molar-refractivity contribution < 1.29 is 22.4 Å². The summed E-state index contributed by atoms with van der Waals surface area (Å²) in [7, 11) is 1.54. The SMILES string of the molecule is Cc1ccc(CN(C)c2ccc(C=O)cc2C(F)(F)F)o1. The van der Waals surface area contributed by atoms with Crippen molar-refractivity contribution in [1.29, 1.82) is 0 Å². The third-order valence-electron chi connectivity index (χ3n) is 3.06. The summed E-state index contributed by atoms with van der Waals surface area (Å²) in [5.41, 5.74) is -0.839. The van der Waals surface area contributed by atoms with Crippen LogP contribution in [0.25, 0.3) is 0 Å². The van der Waals surface area contributed by atoms with Crippen molar-refractivity contribution in [3.8, 4) is 0 Å². The van der Waals surface area contributed by atoms with Gasteiger partial charge in [-0.15, -0.1) is 0 Å². The van der Waals surface area contributed by atoms with Crippen molar-refractivity contribution >= 4 is 12.0 Å². The fourth-order valence-electron chi connectivity index (χ4n) is 2.08. The zero-order valence-electron chi connectivity index (χ0n) is 11.6. The number of rotatable bonds is 4. The van der Waals surface area contributed by atoms with Gasteiger partial charge in [-0.05, 0) is 37.3 Å². The van der Waals surface area contributed by atoms with Gasteiger partial charge in [0, 0.05) is 18.3 Å². The highest BCUT2D eigenvalue weighted by atomic mass is 19.4. The molecule has 112 valence electrons. The Morgan fingerprint density at radius 1 is 1.24 bits per heavy atom. The summed E-state index contributed by atoms with van der Waals surface area (Å²) >= 11 is 0. The van der Waals surface area contributed by atoms with E-state index in [0.717, 1.165) is 6.07 Å². The van der Waals surface area contributed by atoms with E-state index >= 15 is 0 Å². The normalized spacial score (nSPS) is 11.5. The van der Waals surface area contributed by atoms with Crippen molar-refractivity contribution in [2.75, 3.05) is 11.9 Å². The van der Waals surface area contributed by atoms with E-state index in [1.165, 1.54) is 17.0 Å². The van der Waals surface area contributed by atoms with Crippen molar-refractivity contribution in [2.24, 2.45) is 0 Å². The van der Waals surface area contributed by atoms with Gasteiger partial charge in [-0.3, -0.25) is 4.79 Å². The summed E-state index contributed by atoms with van der Waals surface area (Å²) in [6, 6.07) is 6.98. The molecule has 0 bridgehead atoms. The highest BCUT2D eigenvalue weighted by Gasteiger charge is 2.34. The molecule has 1 heterocycles. The maximum Gasteiger partial charge on any atom is 0.418 e. The molecular weight excluding hydrogens is 283 g/mol. The molecule has 0 spiro atoms. The third-order valence-corrected chi connectivity index (χ3v) is 3.06. The number of furan rings is 1. The minimum Gasteiger partial charge on any atom is -0.464 e. The molecule has 0 aliphatic carbocycles. The largest absolute Gasteiger partial charge is 0.464 e. The maximum atomic E-state index is 13.1. The lowest BCUT2D eigenvalue weighted by atomic mass is 10.1. The van der Waals surface area contributed by atoms with Gasteiger partial charge in [0.05, 0.1) is 12.1 Å². The Kier molecular flexibility index (Phi) is 4.06. The third kappa shape index (κ3) is 3.45. The number of hydrogen-bond acceptors (Lipinski definition) is 3. The number of aldehydes is 1. The van der Waals surface area contributed by atoms with E-state index in [4.69, 9.17) is 4.42 Å². The number of carbonyl (C=O) groups is 1. The molecule has 1 aromatic heterocycles. The van der Waals surface area contributed by atoms with Gasteiger partial charge in [-0.1, -0.05) is 0 Å². The van der Waals surface area contributed by atoms with Crippen LogP contribution in [0.1, 0.15) is 27.4 Å². The summed E-state index contributed by atoms with van der Waals surface area (Å²) in [6.07, 6.45) is -4.13. The minimum atomic E-state index is -4.53. The quantitative estimate of drug-likeness (QED) is 0.798. The Morgan fingerprint density at radius 2 is 1.95 bits per heavy atom. The second-order valence-electron chi connectivity index (χ2n) is 4.76. The Morgan fingerprint density at radius 3 is 2.48 bits per heavy atom. The first kappa shape index (κ1) is 15.2. The summed E-state index contributed by atoms with van der Waals surface area (Å²) in [4.78, 5) is 12.1. The molecule has 21 heavy (non-hydrogen) atoms. The smallest absolute Gasteiger partial charge is 0.418 e. The fourth-order valence-corrected chi connectivity index (χ4v) is 2.08. The van der Waals surface area contributed by atoms with Crippen molar-refractivity contribution in [3.63, 3.8) is 0 Å². The molecule has 0 aliphatic heterocycles. The lowest BCUT2D eigenvalue weighted by molar-refractivity contribution is -0.137.